The predicted molar refractivity (Wildman–Crippen MR) is 50.2 cm³/mol. The minimum Gasteiger partial charge on any atom is -0.480 e. The Hall–Kier alpha value is -1.55. The quantitative estimate of drug-likeness (QED) is 0.583. The molecule has 0 aliphatic carbocycles. The Balaban J connectivity index is 3.08. The molecule has 1 atom stereocenters. The number of nitrogen functional groups attached to an aromatic ring is 1. The lowest BCUT2D eigenvalue weighted by molar-refractivity contribution is -0.138. The summed E-state index contributed by atoms with van der Waals surface area (Å²) in [5, 5.41) is 8.67. The Bertz CT molecular complexity index is 336. The molecule has 0 aliphatic rings. The molecular formula is C9H12N2O2. The van der Waals surface area contributed by atoms with E-state index in [1.165, 1.54) is 0 Å². The van der Waals surface area contributed by atoms with Gasteiger partial charge in [0.25, 0.3) is 0 Å². The van der Waals surface area contributed by atoms with E-state index >= 15 is 0 Å². The zero-order valence-corrected chi connectivity index (χ0v) is 7.32. The summed E-state index contributed by atoms with van der Waals surface area (Å²) in [6, 6.07) is 4.02. The zero-order chi connectivity index (χ0) is 10.0. The maximum absolute atomic E-state index is 10.6. The van der Waals surface area contributed by atoms with E-state index in [9.17, 15) is 4.79 Å². The first-order valence-corrected chi connectivity index (χ1v) is 3.87. The Morgan fingerprint density at radius 2 is 2.15 bits per heavy atom. The highest BCUT2D eigenvalue weighted by Crippen LogP contribution is 2.18. The summed E-state index contributed by atoms with van der Waals surface area (Å²) < 4.78 is 0. The first-order chi connectivity index (χ1) is 6.02. The third-order valence-electron chi connectivity index (χ3n) is 1.89. The molecular weight excluding hydrogens is 168 g/mol. The number of anilines is 1. The lowest BCUT2D eigenvalue weighted by atomic mass is 10.0. The molecule has 0 amide bonds. The average molecular weight is 180 g/mol. The van der Waals surface area contributed by atoms with Gasteiger partial charge in [-0.2, -0.15) is 0 Å². The molecule has 0 unspecified atom stereocenters. The van der Waals surface area contributed by atoms with Crippen LogP contribution in [0, 0.1) is 6.92 Å². The van der Waals surface area contributed by atoms with Crippen LogP contribution in [0.1, 0.15) is 17.2 Å². The van der Waals surface area contributed by atoms with Gasteiger partial charge in [-0.1, -0.05) is 6.07 Å². The summed E-state index contributed by atoms with van der Waals surface area (Å²) in [5.41, 5.74) is 13.0. The molecule has 4 nitrogen and oxygen atoms in total. The van der Waals surface area contributed by atoms with Gasteiger partial charge in [-0.25, -0.2) is 0 Å². The van der Waals surface area contributed by atoms with Crippen molar-refractivity contribution >= 4 is 11.7 Å². The Morgan fingerprint density at radius 3 is 2.62 bits per heavy atom. The van der Waals surface area contributed by atoms with E-state index in [0.717, 1.165) is 5.56 Å². The Kier molecular flexibility index (Phi) is 2.53. The maximum Gasteiger partial charge on any atom is 0.325 e. The van der Waals surface area contributed by atoms with Crippen molar-refractivity contribution in [1.29, 1.82) is 0 Å². The summed E-state index contributed by atoms with van der Waals surface area (Å²) in [7, 11) is 0. The number of nitrogens with two attached hydrogens (primary N) is 2. The highest BCUT2D eigenvalue weighted by molar-refractivity contribution is 5.76. The molecule has 0 aliphatic heterocycles. The van der Waals surface area contributed by atoms with Crippen molar-refractivity contribution in [2.24, 2.45) is 5.73 Å². The van der Waals surface area contributed by atoms with Crippen LogP contribution in [0.4, 0.5) is 5.69 Å². The normalized spacial score (nSPS) is 12.5. The number of rotatable bonds is 2. The summed E-state index contributed by atoms with van der Waals surface area (Å²) in [6.45, 7) is 1.79. The van der Waals surface area contributed by atoms with Crippen LogP contribution >= 0.6 is 0 Å². The van der Waals surface area contributed by atoms with Crippen molar-refractivity contribution in [3.63, 3.8) is 0 Å². The van der Waals surface area contributed by atoms with Gasteiger partial charge in [-0.05, 0) is 30.2 Å². The van der Waals surface area contributed by atoms with Gasteiger partial charge >= 0.3 is 5.97 Å². The van der Waals surface area contributed by atoms with Gasteiger partial charge < -0.3 is 16.6 Å². The van der Waals surface area contributed by atoms with E-state index < -0.39 is 12.0 Å². The minimum atomic E-state index is -1.03. The van der Waals surface area contributed by atoms with E-state index in [4.69, 9.17) is 16.6 Å². The molecule has 4 heteroatoms. The number of hydrogen-bond donors (Lipinski definition) is 3. The fourth-order valence-corrected chi connectivity index (χ4v) is 1.18. The highest BCUT2D eigenvalue weighted by Gasteiger charge is 2.15. The number of carboxylic acid groups (broad SMARTS) is 1. The lowest BCUT2D eigenvalue weighted by Crippen LogP contribution is -2.21. The second kappa shape index (κ2) is 3.45. The topological polar surface area (TPSA) is 89.3 Å². The van der Waals surface area contributed by atoms with Gasteiger partial charge in [0, 0.05) is 5.69 Å². The molecule has 1 aromatic rings. The summed E-state index contributed by atoms with van der Waals surface area (Å²) in [6.07, 6.45) is 0. The number of carboxylic acids is 1. The number of hydrogen-bond acceptors (Lipinski definition) is 3. The first-order valence-electron chi connectivity index (χ1n) is 3.87. The molecule has 0 bridgehead atoms. The van der Waals surface area contributed by atoms with Crippen molar-refractivity contribution in [3.8, 4) is 0 Å². The standard InChI is InChI=1S/C9H12N2O2/c1-5-4-6(10)2-3-7(5)8(11)9(12)13/h2-4,8H,10-11H2,1H3,(H,12,13)/t8-/m0/s1. The molecule has 5 N–H and O–H groups in total. The van der Waals surface area contributed by atoms with Crippen LogP contribution in [-0.4, -0.2) is 11.1 Å². The van der Waals surface area contributed by atoms with Crippen LogP contribution in [0.25, 0.3) is 0 Å². The number of aryl methyl sites for hydroxylation is 1. The number of aliphatic carboxylic acids is 1. The molecule has 0 fully saturated rings. The molecule has 13 heavy (non-hydrogen) atoms. The van der Waals surface area contributed by atoms with Crippen molar-refractivity contribution in [3.05, 3.63) is 29.3 Å². The fourth-order valence-electron chi connectivity index (χ4n) is 1.18. The van der Waals surface area contributed by atoms with E-state index in [2.05, 4.69) is 0 Å². The molecule has 0 spiro atoms. The van der Waals surface area contributed by atoms with E-state index in [1.54, 1.807) is 25.1 Å². The number of benzene rings is 1. The van der Waals surface area contributed by atoms with Crippen molar-refractivity contribution in [1.82, 2.24) is 0 Å². The van der Waals surface area contributed by atoms with Crippen LogP contribution in [0.15, 0.2) is 18.2 Å². The van der Waals surface area contributed by atoms with Crippen molar-refractivity contribution in [2.45, 2.75) is 13.0 Å². The second-order valence-corrected chi connectivity index (χ2v) is 2.93. The molecule has 1 aromatic carbocycles. The van der Waals surface area contributed by atoms with Crippen LogP contribution < -0.4 is 11.5 Å². The van der Waals surface area contributed by atoms with Gasteiger partial charge in [-0.15, -0.1) is 0 Å². The average Bonchev–Trinajstić information content (AvgIpc) is 2.03. The lowest BCUT2D eigenvalue weighted by Gasteiger charge is -2.10. The van der Waals surface area contributed by atoms with Gasteiger partial charge in [0.05, 0.1) is 0 Å². The molecule has 0 aromatic heterocycles. The summed E-state index contributed by atoms with van der Waals surface area (Å²) in [5.74, 6) is -1.03. The highest BCUT2D eigenvalue weighted by atomic mass is 16.4. The van der Waals surface area contributed by atoms with Gasteiger partial charge in [-0.3, -0.25) is 4.79 Å². The molecule has 1 rings (SSSR count). The van der Waals surface area contributed by atoms with E-state index in [0.29, 0.717) is 11.3 Å². The van der Waals surface area contributed by atoms with E-state index in [1.807, 2.05) is 0 Å². The predicted octanol–water partition coefficient (Wildman–Crippen LogP) is 0.662. The van der Waals surface area contributed by atoms with Gasteiger partial charge in [0.15, 0.2) is 0 Å². The van der Waals surface area contributed by atoms with Crippen LogP contribution in [0.3, 0.4) is 0 Å². The molecule has 70 valence electrons. The minimum absolute atomic E-state index is 0.599. The number of carbonyl (C=O) groups is 1. The fraction of sp³-hybridized carbons (Fsp3) is 0.222. The second-order valence-electron chi connectivity index (χ2n) is 2.93. The largest absolute Gasteiger partial charge is 0.480 e. The van der Waals surface area contributed by atoms with Crippen LogP contribution in [0.5, 0.6) is 0 Å². The summed E-state index contributed by atoms with van der Waals surface area (Å²) in [4.78, 5) is 10.6. The summed E-state index contributed by atoms with van der Waals surface area (Å²) >= 11 is 0. The molecule has 0 saturated heterocycles. The zero-order valence-electron chi connectivity index (χ0n) is 7.32. The molecule has 0 heterocycles. The molecule has 0 saturated carbocycles. The third kappa shape index (κ3) is 1.97. The van der Waals surface area contributed by atoms with Gasteiger partial charge in [0.1, 0.15) is 6.04 Å². The smallest absolute Gasteiger partial charge is 0.325 e. The monoisotopic (exact) mass is 180 g/mol. The Labute approximate surface area is 76.2 Å². The van der Waals surface area contributed by atoms with Crippen molar-refractivity contribution < 1.29 is 9.90 Å². The van der Waals surface area contributed by atoms with Crippen molar-refractivity contribution in [2.75, 3.05) is 5.73 Å². The Morgan fingerprint density at radius 1 is 1.54 bits per heavy atom. The van der Waals surface area contributed by atoms with E-state index in [-0.39, 0.29) is 0 Å². The van der Waals surface area contributed by atoms with Gasteiger partial charge in [0.2, 0.25) is 0 Å². The first kappa shape index (κ1) is 9.54. The third-order valence-corrected chi connectivity index (χ3v) is 1.89. The SMILES string of the molecule is Cc1cc(N)ccc1[C@H](N)C(=O)O. The van der Waals surface area contributed by atoms with Crippen LogP contribution in [0.2, 0.25) is 0 Å². The van der Waals surface area contributed by atoms with Crippen LogP contribution in [-0.2, 0) is 4.79 Å². The maximum atomic E-state index is 10.6. The molecule has 0 radical (unpaired) electrons.